The van der Waals surface area contributed by atoms with Gasteiger partial charge in [-0.1, -0.05) is 11.2 Å². The number of rotatable bonds is 3. The van der Waals surface area contributed by atoms with Gasteiger partial charge < -0.3 is 10.3 Å². The Bertz CT molecular complexity index is 690. The highest BCUT2D eigenvalue weighted by molar-refractivity contribution is 7.91. The molecule has 2 aromatic heterocycles. The molecular weight excluding hydrogens is 266 g/mol. The van der Waals surface area contributed by atoms with E-state index >= 15 is 0 Å². The zero-order valence-corrected chi connectivity index (χ0v) is 11.7. The first-order valence-electron chi connectivity index (χ1n) is 5.62. The second kappa shape index (κ2) is 4.34. The van der Waals surface area contributed by atoms with Crippen molar-refractivity contribution in [2.75, 3.05) is 12.0 Å². The standard InChI is InChI=1S/C12H15N3O3S/c1-12(2,19(3,16)17)10-9(11(13)18-15-10)8-6-4-5-7-14-8/h4-7H,13H2,1-3H3. The molecule has 0 aliphatic rings. The molecule has 2 heterocycles. The minimum Gasteiger partial charge on any atom is -0.367 e. The van der Waals surface area contributed by atoms with Gasteiger partial charge >= 0.3 is 0 Å². The minimum atomic E-state index is -3.38. The summed E-state index contributed by atoms with van der Waals surface area (Å²) in [5.41, 5.74) is 6.98. The molecule has 0 spiro atoms. The summed E-state index contributed by atoms with van der Waals surface area (Å²) in [6.07, 6.45) is 2.75. The van der Waals surface area contributed by atoms with E-state index in [1.165, 1.54) is 0 Å². The molecule has 0 atom stereocenters. The van der Waals surface area contributed by atoms with Gasteiger partial charge in [-0.3, -0.25) is 4.98 Å². The summed E-state index contributed by atoms with van der Waals surface area (Å²) in [5, 5.41) is 3.81. The lowest BCUT2D eigenvalue weighted by molar-refractivity contribution is 0.417. The van der Waals surface area contributed by atoms with E-state index in [4.69, 9.17) is 10.3 Å². The fourth-order valence-corrected chi connectivity index (χ4v) is 2.14. The van der Waals surface area contributed by atoms with Crippen LogP contribution >= 0.6 is 0 Å². The monoisotopic (exact) mass is 281 g/mol. The Kier molecular flexibility index (Phi) is 3.09. The Hall–Kier alpha value is -1.89. The van der Waals surface area contributed by atoms with E-state index in [1.807, 2.05) is 0 Å². The molecule has 0 radical (unpaired) electrons. The average Bonchev–Trinajstić information content (AvgIpc) is 2.71. The van der Waals surface area contributed by atoms with E-state index in [-0.39, 0.29) is 11.6 Å². The molecule has 6 nitrogen and oxygen atoms in total. The lowest BCUT2D eigenvalue weighted by Crippen LogP contribution is -2.29. The van der Waals surface area contributed by atoms with Crippen molar-refractivity contribution in [2.45, 2.75) is 18.6 Å². The summed E-state index contributed by atoms with van der Waals surface area (Å²) in [5.74, 6) is 0.0606. The summed E-state index contributed by atoms with van der Waals surface area (Å²) < 4.78 is 27.6. The van der Waals surface area contributed by atoms with Gasteiger partial charge in [0.2, 0.25) is 5.88 Å². The van der Waals surface area contributed by atoms with Gasteiger partial charge in [0.05, 0.1) is 11.3 Å². The molecule has 7 heteroatoms. The Morgan fingerprint density at radius 1 is 1.32 bits per heavy atom. The highest BCUT2D eigenvalue weighted by Gasteiger charge is 2.39. The van der Waals surface area contributed by atoms with Gasteiger partial charge in [0.1, 0.15) is 10.4 Å². The van der Waals surface area contributed by atoms with Gasteiger partial charge in [-0.05, 0) is 26.0 Å². The molecule has 0 fully saturated rings. The summed E-state index contributed by atoms with van der Waals surface area (Å²) >= 11 is 0. The van der Waals surface area contributed by atoms with Gasteiger partial charge in [-0.2, -0.15) is 0 Å². The van der Waals surface area contributed by atoms with Crippen molar-refractivity contribution in [1.82, 2.24) is 10.1 Å². The minimum absolute atomic E-state index is 0.0606. The highest BCUT2D eigenvalue weighted by Crippen LogP contribution is 2.38. The quantitative estimate of drug-likeness (QED) is 0.917. The van der Waals surface area contributed by atoms with Crippen LogP contribution in [0.3, 0.4) is 0 Å². The Balaban J connectivity index is 2.70. The van der Waals surface area contributed by atoms with Crippen LogP contribution in [0, 0.1) is 0 Å². The van der Waals surface area contributed by atoms with Crippen molar-refractivity contribution in [1.29, 1.82) is 0 Å². The van der Waals surface area contributed by atoms with Gasteiger partial charge in [0.15, 0.2) is 9.84 Å². The third-order valence-electron chi connectivity index (χ3n) is 3.14. The molecule has 0 aliphatic heterocycles. The highest BCUT2D eigenvalue weighted by atomic mass is 32.2. The van der Waals surface area contributed by atoms with E-state index in [1.54, 1.807) is 38.2 Å². The second-order valence-corrected chi connectivity index (χ2v) is 7.33. The smallest absolute Gasteiger partial charge is 0.231 e. The summed E-state index contributed by atoms with van der Waals surface area (Å²) in [6.45, 7) is 3.12. The number of nitrogen functional groups attached to an aromatic ring is 1. The van der Waals surface area contributed by atoms with Gasteiger partial charge in [0, 0.05) is 12.5 Å². The van der Waals surface area contributed by atoms with Crippen LogP contribution < -0.4 is 5.73 Å². The van der Waals surface area contributed by atoms with E-state index in [0.717, 1.165) is 6.26 Å². The van der Waals surface area contributed by atoms with Crippen molar-refractivity contribution in [3.63, 3.8) is 0 Å². The van der Waals surface area contributed by atoms with Crippen molar-refractivity contribution in [3.8, 4) is 11.3 Å². The van der Waals surface area contributed by atoms with E-state index in [2.05, 4.69) is 10.1 Å². The number of hydrogen-bond acceptors (Lipinski definition) is 6. The normalized spacial score (nSPS) is 12.6. The van der Waals surface area contributed by atoms with Crippen molar-refractivity contribution in [2.24, 2.45) is 0 Å². The maximum Gasteiger partial charge on any atom is 0.231 e. The Morgan fingerprint density at radius 3 is 2.53 bits per heavy atom. The number of aromatic nitrogens is 2. The maximum atomic E-state index is 11.9. The molecule has 2 aromatic rings. The van der Waals surface area contributed by atoms with Crippen molar-refractivity contribution < 1.29 is 12.9 Å². The fraction of sp³-hybridized carbons (Fsp3) is 0.333. The van der Waals surface area contributed by atoms with E-state index in [0.29, 0.717) is 11.3 Å². The largest absolute Gasteiger partial charge is 0.367 e. The number of nitrogens with zero attached hydrogens (tertiary/aromatic N) is 2. The number of hydrogen-bond donors (Lipinski definition) is 1. The summed E-state index contributed by atoms with van der Waals surface area (Å²) in [6, 6.07) is 5.27. The SMILES string of the molecule is CC(C)(c1noc(N)c1-c1ccccn1)S(C)(=O)=O. The van der Waals surface area contributed by atoms with Crippen LogP contribution in [-0.2, 0) is 14.6 Å². The van der Waals surface area contributed by atoms with Crippen LogP contribution in [0.1, 0.15) is 19.5 Å². The molecule has 19 heavy (non-hydrogen) atoms. The molecule has 0 saturated carbocycles. The van der Waals surface area contributed by atoms with Gasteiger partial charge in [0.25, 0.3) is 0 Å². The van der Waals surface area contributed by atoms with E-state index < -0.39 is 14.6 Å². The molecular formula is C12H15N3O3S. The molecule has 2 N–H and O–H groups in total. The zero-order chi connectivity index (χ0) is 14.3. The second-order valence-electron chi connectivity index (χ2n) is 4.77. The molecule has 0 aromatic carbocycles. The van der Waals surface area contributed by atoms with E-state index in [9.17, 15) is 8.42 Å². The van der Waals surface area contributed by atoms with Crippen LogP contribution in [0.2, 0.25) is 0 Å². The van der Waals surface area contributed by atoms with Crippen molar-refractivity contribution in [3.05, 3.63) is 30.1 Å². The Morgan fingerprint density at radius 2 is 2.00 bits per heavy atom. The summed E-state index contributed by atoms with van der Waals surface area (Å²) in [4.78, 5) is 4.16. The molecule has 0 amide bonds. The predicted molar refractivity (Wildman–Crippen MR) is 72.0 cm³/mol. The fourth-order valence-electron chi connectivity index (χ4n) is 1.65. The Labute approximate surface area is 111 Å². The van der Waals surface area contributed by atoms with Crippen molar-refractivity contribution >= 4 is 15.7 Å². The maximum absolute atomic E-state index is 11.9. The van der Waals surface area contributed by atoms with Crippen LogP contribution in [0.4, 0.5) is 5.88 Å². The number of anilines is 1. The summed E-state index contributed by atoms with van der Waals surface area (Å²) in [7, 11) is -3.38. The first-order chi connectivity index (χ1) is 8.75. The molecule has 0 saturated heterocycles. The van der Waals surface area contributed by atoms with Crippen LogP contribution in [-0.4, -0.2) is 24.8 Å². The number of pyridine rings is 1. The molecule has 0 aliphatic carbocycles. The molecule has 2 rings (SSSR count). The van der Waals surface area contributed by atoms with Gasteiger partial charge in [-0.25, -0.2) is 8.42 Å². The average molecular weight is 281 g/mol. The first kappa shape index (κ1) is 13.5. The number of nitrogens with two attached hydrogens (primary N) is 1. The molecule has 0 unspecified atom stereocenters. The molecule has 0 bridgehead atoms. The lowest BCUT2D eigenvalue weighted by atomic mass is 10.0. The lowest BCUT2D eigenvalue weighted by Gasteiger charge is -2.20. The third kappa shape index (κ3) is 2.21. The zero-order valence-electron chi connectivity index (χ0n) is 10.9. The van der Waals surface area contributed by atoms with Crippen LogP contribution in [0.25, 0.3) is 11.3 Å². The molecule has 102 valence electrons. The number of sulfone groups is 1. The van der Waals surface area contributed by atoms with Crippen LogP contribution in [0.5, 0.6) is 0 Å². The third-order valence-corrected chi connectivity index (χ3v) is 5.18. The van der Waals surface area contributed by atoms with Gasteiger partial charge in [-0.15, -0.1) is 0 Å². The predicted octanol–water partition coefficient (Wildman–Crippen LogP) is 1.60. The first-order valence-corrected chi connectivity index (χ1v) is 7.51. The topological polar surface area (TPSA) is 99.1 Å². The van der Waals surface area contributed by atoms with Crippen LogP contribution in [0.15, 0.2) is 28.9 Å².